The Labute approximate surface area is 131 Å². The van der Waals surface area contributed by atoms with E-state index in [1.807, 2.05) is 19.1 Å². The molecule has 21 heavy (non-hydrogen) atoms. The first-order valence-electron chi connectivity index (χ1n) is 7.51. The Balaban J connectivity index is 1.93. The number of hydrogen-bond donors (Lipinski definition) is 2. The van der Waals surface area contributed by atoms with Gasteiger partial charge in [0.25, 0.3) is 0 Å². The van der Waals surface area contributed by atoms with Crippen LogP contribution in [-0.4, -0.2) is 0 Å². The molecule has 1 aliphatic carbocycles. The lowest BCUT2D eigenvalue weighted by molar-refractivity contribution is 0.419. The summed E-state index contributed by atoms with van der Waals surface area (Å²) < 4.78 is 0. The predicted octanol–water partition coefficient (Wildman–Crippen LogP) is 4.47. The fraction of sp³-hybridized carbons (Fsp3) is 0.333. The van der Waals surface area contributed by atoms with Crippen molar-refractivity contribution in [2.45, 2.75) is 38.1 Å². The molecule has 1 fully saturated rings. The maximum Gasteiger partial charge on any atom is 0.0710 e. The average molecular weight is 301 g/mol. The van der Waals surface area contributed by atoms with Gasteiger partial charge in [-0.05, 0) is 54.0 Å². The molecule has 3 heteroatoms. The third kappa shape index (κ3) is 2.98. The second kappa shape index (κ2) is 6.18. The van der Waals surface area contributed by atoms with Crippen LogP contribution in [0.25, 0.3) is 0 Å². The molecule has 0 saturated heterocycles. The van der Waals surface area contributed by atoms with Crippen molar-refractivity contribution in [1.29, 1.82) is 0 Å². The molecule has 2 nitrogen and oxygen atoms in total. The van der Waals surface area contributed by atoms with Crippen molar-refractivity contribution in [3.63, 3.8) is 0 Å². The van der Waals surface area contributed by atoms with Crippen molar-refractivity contribution in [3.05, 3.63) is 69.7 Å². The zero-order valence-electron chi connectivity index (χ0n) is 12.3. The molecular weight excluding hydrogens is 280 g/mol. The molecule has 3 rings (SSSR count). The predicted molar refractivity (Wildman–Crippen MR) is 88.4 cm³/mol. The Hall–Kier alpha value is -1.35. The van der Waals surface area contributed by atoms with Crippen molar-refractivity contribution in [2.24, 2.45) is 5.84 Å². The van der Waals surface area contributed by atoms with E-state index < -0.39 is 0 Å². The van der Waals surface area contributed by atoms with Gasteiger partial charge in [-0.15, -0.1) is 0 Å². The highest BCUT2D eigenvalue weighted by atomic mass is 35.5. The molecule has 1 saturated carbocycles. The van der Waals surface area contributed by atoms with Gasteiger partial charge in [0.05, 0.1) is 6.04 Å². The van der Waals surface area contributed by atoms with E-state index in [0.29, 0.717) is 0 Å². The summed E-state index contributed by atoms with van der Waals surface area (Å²) in [5, 5.41) is 0.780. The monoisotopic (exact) mass is 300 g/mol. The smallest absolute Gasteiger partial charge is 0.0710 e. The van der Waals surface area contributed by atoms with Crippen LogP contribution in [0.3, 0.4) is 0 Å². The second-order valence-corrected chi connectivity index (χ2v) is 6.31. The molecule has 110 valence electrons. The number of hydrogen-bond acceptors (Lipinski definition) is 2. The molecule has 0 heterocycles. The van der Waals surface area contributed by atoms with E-state index in [2.05, 4.69) is 35.8 Å². The molecule has 2 aromatic rings. The van der Waals surface area contributed by atoms with Crippen LogP contribution in [0.5, 0.6) is 0 Å². The summed E-state index contributed by atoms with van der Waals surface area (Å²) in [6.07, 6.45) is 3.96. The van der Waals surface area contributed by atoms with Gasteiger partial charge in [-0.1, -0.05) is 54.4 Å². The van der Waals surface area contributed by atoms with Crippen LogP contribution in [0.15, 0.2) is 42.5 Å². The first-order valence-corrected chi connectivity index (χ1v) is 7.89. The van der Waals surface area contributed by atoms with Gasteiger partial charge in [0.1, 0.15) is 0 Å². The third-order valence-corrected chi connectivity index (χ3v) is 4.92. The van der Waals surface area contributed by atoms with E-state index in [4.69, 9.17) is 17.4 Å². The number of rotatable bonds is 4. The zero-order valence-corrected chi connectivity index (χ0v) is 13.0. The third-order valence-electron chi connectivity index (χ3n) is 4.52. The summed E-state index contributed by atoms with van der Waals surface area (Å²) in [5.41, 5.74) is 7.73. The first kappa shape index (κ1) is 14.6. The van der Waals surface area contributed by atoms with Gasteiger partial charge in [-0.25, -0.2) is 5.43 Å². The standard InChI is InChI=1S/C18H21ClN2/c1-12-8-9-16(11-17(12)19)18(21-20)15-7-3-6-14(10-15)13-4-2-5-13/h3,6-11,13,18,21H,2,4-5,20H2,1H3. The lowest BCUT2D eigenvalue weighted by atomic mass is 9.79. The van der Waals surface area contributed by atoms with Crippen LogP contribution in [0.2, 0.25) is 5.02 Å². The van der Waals surface area contributed by atoms with E-state index >= 15 is 0 Å². The summed E-state index contributed by atoms with van der Waals surface area (Å²) in [7, 11) is 0. The second-order valence-electron chi connectivity index (χ2n) is 5.91. The Morgan fingerprint density at radius 3 is 2.52 bits per heavy atom. The molecule has 0 bridgehead atoms. The molecular formula is C18H21ClN2. The Kier molecular flexibility index (Phi) is 4.29. The fourth-order valence-electron chi connectivity index (χ4n) is 2.91. The number of aryl methyl sites for hydroxylation is 1. The van der Waals surface area contributed by atoms with Gasteiger partial charge in [-0.2, -0.15) is 0 Å². The topological polar surface area (TPSA) is 38.0 Å². The molecule has 0 radical (unpaired) electrons. The minimum Gasteiger partial charge on any atom is -0.271 e. The van der Waals surface area contributed by atoms with Crippen molar-refractivity contribution in [3.8, 4) is 0 Å². The lowest BCUT2D eigenvalue weighted by Gasteiger charge is -2.27. The van der Waals surface area contributed by atoms with Gasteiger partial charge in [0.2, 0.25) is 0 Å². The van der Waals surface area contributed by atoms with Crippen molar-refractivity contribution in [2.75, 3.05) is 0 Å². The van der Waals surface area contributed by atoms with Crippen LogP contribution >= 0.6 is 11.6 Å². The quantitative estimate of drug-likeness (QED) is 0.646. The molecule has 0 aromatic heterocycles. The minimum atomic E-state index is -0.0249. The molecule has 0 aliphatic heterocycles. The number of halogens is 1. The van der Waals surface area contributed by atoms with Gasteiger partial charge in [0, 0.05) is 5.02 Å². The number of nitrogens with one attached hydrogen (secondary N) is 1. The zero-order chi connectivity index (χ0) is 14.8. The number of benzene rings is 2. The Bertz CT molecular complexity index is 635. The molecule has 1 atom stereocenters. The average Bonchev–Trinajstić information content (AvgIpc) is 2.42. The van der Waals surface area contributed by atoms with Gasteiger partial charge in [-0.3, -0.25) is 5.84 Å². The van der Waals surface area contributed by atoms with Crippen molar-refractivity contribution < 1.29 is 0 Å². The fourth-order valence-corrected chi connectivity index (χ4v) is 3.10. The maximum absolute atomic E-state index is 6.25. The molecule has 3 N–H and O–H groups in total. The first-order chi connectivity index (χ1) is 10.2. The van der Waals surface area contributed by atoms with Crippen LogP contribution in [-0.2, 0) is 0 Å². The highest BCUT2D eigenvalue weighted by Crippen LogP contribution is 2.37. The van der Waals surface area contributed by atoms with Crippen LogP contribution < -0.4 is 11.3 Å². The largest absolute Gasteiger partial charge is 0.271 e. The summed E-state index contributed by atoms with van der Waals surface area (Å²) in [4.78, 5) is 0. The Morgan fingerprint density at radius 1 is 1.14 bits per heavy atom. The molecule has 1 unspecified atom stereocenters. The van der Waals surface area contributed by atoms with E-state index in [-0.39, 0.29) is 6.04 Å². The Morgan fingerprint density at radius 2 is 1.90 bits per heavy atom. The van der Waals surface area contributed by atoms with Crippen molar-refractivity contribution >= 4 is 11.6 Å². The van der Waals surface area contributed by atoms with E-state index in [1.54, 1.807) is 0 Å². The van der Waals surface area contributed by atoms with Crippen molar-refractivity contribution in [1.82, 2.24) is 5.43 Å². The van der Waals surface area contributed by atoms with Crippen LogP contribution in [0, 0.1) is 6.92 Å². The molecule has 0 spiro atoms. The number of nitrogens with two attached hydrogens (primary N) is 1. The highest BCUT2D eigenvalue weighted by Gasteiger charge is 2.21. The van der Waals surface area contributed by atoms with Crippen LogP contribution in [0.1, 0.15) is 53.5 Å². The summed E-state index contributed by atoms with van der Waals surface area (Å²) in [5.74, 6) is 6.53. The van der Waals surface area contributed by atoms with E-state index in [9.17, 15) is 0 Å². The molecule has 0 amide bonds. The van der Waals surface area contributed by atoms with E-state index in [0.717, 1.165) is 22.1 Å². The SMILES string of the molecule is Cc1ccc(C(NN)c2cccc(C3CCC3)c2)cc1Cl. The van der Waals surface area contributed by atoms with Crippen LogP contribution in [0.4, 0.5) is 0 Å². The highest BCUT2D eigenvalue weighted by molar-refractivity contribution is 6.31. The molecule has 1 aliphatic rings. The van der Waals surface area contributed by atoms with Gasteiger partial charge >= 0.3 is 0 Å². The maximum atomic E-state index is 6.25. The minimum absolute atomic E-state index is 0.0249. The van der Waals surface area contributed by atoms with E-state index in [1.165, 1.54) is 30.4 Å². The van der Waals surface area contributed by atoms with Gasteiger partial charge < -0.3 is 0 Å². The normalized spacial score (nSPS) is 16.5. The summed E-state index contributed by atoms with van der Waals surface area (Å²) in [6, 6.07) is 14.9. The number of hydrazine groups is 1. The molecule has 2 aromatic carbocycles. The lowest BCUT2D eigenvalue weighted by Crippen LogP contribution is -2.29. The summed E-state index contributed by atoms with van der Waals surface area (Å²) >= 11 is 6.25. The van der Waals surface area contributed by atoms with Gasteiger partial charge in [0.15, 0.2) is 0 Å². The summed E-state index contributed by atoms with van der Waals surface area (Å²) in [6.45, 7) is 2.01.